The lowest BCUT2D eigenvalue weighted by atomic mass is 10.2. The van der Waals surface area contributed by atoms with Gasteiger partial charge in [-0.05, 0) is 24.6 Å². The van der Waals surface area contributed by atoms with Gasteiger partial charge in [0.05, 0.1) is 15.6 Å². The second-order valence-electron chi connectivity index (χ2n) is 5.58. The fourth-order valence-electron chi connectivity index (χ4n) is 2.12. The Kier molecular flexibility index (Phi) is 5.87. The number of nitrogens with zero attached hydrogens (tertiary/aromatic N) is 1. The van der Waals surface area contributed by atoms with Gasteiger partial charge in [-0.1, -0.05) is 29.8 Å². The Bertz CT molecular complexity index is 859. The van der Waals surface area contributed by atoms with Gasteiger partial charge in [-0.3, -0.25) is 14.9 Å². The molecule has 0 saturated carbocycles. The molecule has 0 atom stereocenters. The number of carbonyl (C=O) groups excluding carboxylic acids is 1. The van der Waals surface area contributed by atoms with Crippen LogP contribution < -0.4 is 5.32 Å². The van der Waals surface area contributed by atoms with Crippen molar-refractivity contribution in [2.24, 2.45) is 0 Å². The van der Waals surface area contributed by atoms with E-state index in [0.717, 1.165) is 5.56 Å². The van der Waals surface area contributed by atoms with Gasteiger partial charge in [0.15, 0.2) is 9.84 Å². The van der Waals surface area contributed by atoms with E-state index in [1.54, 1.807) is 24.3 Å². The molecule has 0 aliphatic heterocycles. The normalized spacial score (nSPS) is 11.1. The smallest absolute Gasteiger partial charge is 0.269 e. The molecule has 132 valence electrons. The van der Waals surface area contributed by atoms with Crippen LogP contribution in [0.25, 0.3) is 0 Å². The zero-order chi connectivity index (χ0) is 18.4. The number of aryl methyl sites for hydroxylation is 1. The maximum absolute atomic E-state index is 12.2. The molecule has 0 spiro atoms. The molecule has 1 amide bonds. The summed E-state index contributed by atoms with van der Waals surface area (Å²) in [5, 5.41) is 13.2. The van der Waals surface area contributed by atoms with Gasteiger partial charge in [0.25, 0.3) is 5.69 Å². The van der Waals surface area contributed by atoms with E-state index in [0.29, 0.717) is 5.56 Å². The zero-order valence-electron chi connectivity index (χ0n) is 13.6. The van der Waals surface area contributed by atoms with Crippen molar-refractivity contribution in [3.63, 3.8) is 0 Å². The SMILES string of the molecule is Cc1ccc(S(=O)(=O)CCC(=O)NCc2ccc([N+](=O)[O-])cc2)cc1. The van der Waals surface area contributed by atoms with Crippen molar-refractivity contribution >= 4 is 21.4 Å². The molecule has 25 heavy (non-hydrogen) atoms. The Labute approximate surface area is 145 Å². The van der Waals surface area contributed by atoms with Crippen molar-refractivity contribution in [1.82, 2.24) is 5.32 Å². The van der Waals surface area contributed by atoms with Crippen molar-refractivity contribution in [1.29, 1.82) is 0 Å². The van der Waals surface area contributed by atoms with E-state index >= 15 is 0 Å². The van der Waals surface area contributed by atoms with Crippen LogP contribution in [0, 0.1) is 17.0 Å². The summed E-state index contributed by atoms with van der Waals surface area (Å²) in [7, 11) is -3.51. The third-order valence-electron chi connectivity index (χ3n) is 3.61. The van der Waals surface area contributed by atoms with E-state index in [-0.39, 0.29) is 29.3 Å². The molecule has 0 fully saturated rings. The minimum atomic E-state index is -3.51. The van der Waals surface area contributed by atoms with Gasteiger partial charge in [0, 0.05) is 25.1 Å². The molecule has 0 unspecified atom stereocenters. The first-order valence-corrected chi connectivity index (χ1v) is 9.22. The van der Waals surface area contributed by atoms with Crippen LogP contribution in [0.4, 0.5) is 5.69 Å². The van der Waals surface area contributed by atoms with Crippen molar-refractivity contribution in [3.8, 4) is 0 Å². The highest BCUT2D eigenvalue weighted by Gasteiger charge is 2.16. The monoisotopic (exact) mass is 362 g/mol. The van der Waals surface area contributed by atoms with Gasteiger partial charge in [-0.15, -0.1) is 0 Å². The van der Waals surface area contributed by atoms with Gasteiger partial charge < -0.3 is 5.32 Å². The predicted molar refractivity (Wildman–Crippen MR) is 92.8 cm³/mol. The summed E-state index contributed by atoms with van der Waals surface area (Å²) in [6, 6.07) is 12.3. The summed E-state index contributed by atoms with van der Waals surface area (Å²) in [6.07, 6.45) is -0.150. The third-order valence-corrected chi connectivity index (χ3v) is 5.35. The van der Waals surface area contributed by atoms with Gasteiger partial charge in [-0.25, -0.2) is 8.42 Å². The van der Waals surface area contributed by atoms with Gasteiger partial charge in [0.2, 0.25) is 5.91 Å². The molecule has 2 rings (SSSR count). The zero-order valence-corrected chi connectivity index (χ0v) is 14.5. The second kappa shape index (κ2) is 7.89. The minimum Gasteiger partial charge on any atom is -0.352 e. The summed E-state index contributed by atoms with van der Waals surface area (Å²) in [5.41, 5.74) is 1.62. The molecule has 0 heterocycles. The second-order valence-corrected chi connectivity index (χ2v) is 7.69. The Balaban J connectivity index is 1.85. The molecule has 0 aromatic heterocycles. The van der Waals surface area contributed by atoms with Crippen molar-refractivity contribution in [3.05, 3.63) is 69.8 Å². The highest BCUT2D eigenvalue weighted by molar-refractivity contribution is 7.91. The Hall–Kier alpha value is -2.74. The summed E-state index contributed by atoms with van der Waals surface area (Å²) in [4.78, 5) is 22.1. The number of rotatable bonds is 7. The first-order valence-electron chi connectivity index (χ1n) is 7.57. The highest BCUT2D eigenvalue weighted by Crippen LogP contribution is 2.14. The number of hydrogen-bond donors (Lipinski definition) is 1. The summed E-state index contributed by atoms with van der Waals surface area (Å²) in [5.74, 6) is -0.670. The van der Waals surface area contributed by atoms with Crippen LogP contribution in [0.1, 0.15) is 17.5 Å². The quantitative estimate of drug-likeness (QED) is 0.601. The summed E-state index contributed by atoms with van der Waals surface area (Å²) in [6.45, 7) is 2.05. The predicted octanol–water partition coefficient (Wildman–Crippen LogP) is 2.38. The lowest BCUT2D eigenvalue weighted by Gasteiger charge is -2.07. The van der Waals surface area contributed by atoms with E-state index in [2.05, 4.69) is 5.32 Å². The lowest BCUT2D eigenvalue weighted by Crippen LogP contribution is -2.25. The summed E-state index contributed by atoms with van der Waals surface area (Å²) < 4.78 is 24.4. The Morgan fingerprint density at radius 1 is 1.08 bits per heavy atom. The van der Waals surface area contributed by atoms with Gasteiger partial charge >= 0.3 is 0 Å². The van der Waals surface area contributed by atoms with Crippen molar-refractivity contribution < 1.29 is 18.1 Å². The number of nitro groups is 1. The highest BCUT2D eigenvalue weighted by atomic mass is 32.2. The molecular weight excluding hydrogens is 344 g/mol. The first kappa shape index (κ1) is 18.6. The molecule has 1 N–H and O–H groups in total. The van der Waals surface area contributed by atoms with E-state index in [9.17, 15) is 23.3 Å². The number of sulfone groups is 1. The number of amides is 1. The Morgan fingerprint density at radius 2 is 1.68 bits per heavy atom. The van der Waals surface area contributed by atoms with Crippen LogP contribution in [0.5, 0.6) is 0 Å². The van der Waals surface area contributed by atoms with Crippen molar-refractivity contribution in [2.75, 3.05) is 5.75 Å². The average molecular weight is 362 g/mol. The van der Waals surface area contributed by atoms with Crippen LogP contribution in [0.3, 0.4) is 0 Å². The van der Waals surface area contributed by atoms with E-state index < -0.39 is 20.7 Å². The number of nitro benzene ring substituents is 1. The molecule has 0 aliphatic rings. The topological polar surface area (TPSA) is 106 Å². The van der Waals surface area contributed by atoms with Crippen molar-refractivity contribution in [2.45, 2.75) is 24.8 Å². The molecular formula is C17H18N2O5S. The van der Waals surface area contributed by atoms with E-state index in [1.165, 1.54) is 24.3 Å². The van der Waals surface area contributed by atoms with Gasteiger partial charge in [-0.2, -0.15) is 0 Å². The van der Waals surface area contributed by atoms with Crippen LogP contribution in [-0.4, -0.2) is 25.0 Å². The third kappa shape index (κ3) is 5.39. The standard InChI is InChI=1S/C17H18N2O5S/c1-13-2-8-16(9-3-13)25(23,24)11-10-17(20)18-12-14-4-6-15(7-5-14)19(21)22/h2-9H,10-12H2,1H3,(H,18,20). The Morgan fingerprint density at radius 3 is 2.24 bits per heavy atom. The number of benzene rings is 2. The average Bonchev–Trinajstić information content (AvgIpc) is 2.59. The lowest BCUT2D eigenvalue weighted by molar-refractivity contribution is -0.384. The fraction of sp³-hybridized carbons (Fsp3) is 0.235. The van der Waals surface area contributed by atoms with Crippen LogP contribution in [-0.2, 0) is 21.2 Å². The number of carbonyl (C=O) groups is 1. The maximum atomic E-state index is 12.2. The first-order chi connectivity index (χ1) is 11.8. The molecule has 2 aromatic carbocycles. The molecule has 0 radical (unpaired) electrons. The van der Waals surface area contributed by atoms with E-state index in [1.807, 2.05) is 6.92 Å². The number of hydrogen-bond acceptors (Lipinski definition) is 5. The largest absolute Gasteiger partial charge is 0.352 e. The molecule has 2 aromatic rings. The molecule has 0 bridgehead atoms. The molecule has 7 nitrogen and oxygen atoms in total. The number of nitrogens with one attached hydrogen (secondary N) is 1. The van der Waals surface area contributed by atoms with E-state index in [4.69, 9.17) is 0 Å². The fourth-order valence-corrected chi connectivity index (χ4v) is 3.36. The van der Waals surface area contributed by atoms with Crippen LogP contribution in [0.2, 0.25) is 0 Å². The molecule has 0 saturated heterocycles. The maximum Gasteiger partial charge on any atom is 0.269 e. The molecule has 8 heteroatoms. The summed E-state index contributed by atoms with van der Waals surface area (Å²) >= 11 is 0. The number of non-ortho nitro benzene ring substituents is 1. The minimum absolute atomic E-state index is 0.0285. The van der Waals surface area contributed by atoms with Crippen LogP contribution in [0.15, 0.2) is 53.4 Å². The molecule has 0 aliphatic carbocycles. The van der Waals surface area contributed by atoms with Gasteiger partial charge in [0.1, 0.15) is 0 Å². The van der Waals surface area contributed by atoms with Crippen LogP contribution >= 0.6 is 0 Å².